The fraction of sp³-hybridized carbons (Fsp3) is 0.200. The molecule has 1 aromatic carbocycles. The van der Waals surface area contributed by atoms with Gasteiger partial charge < -0.3 is 4.74 Å². The van der Waals surface area contributed by atoms with E-state index in [0.29, 0.717) is 17.4 Å². The van der Waals surface area contributed by atoms with Crippen LogP contribution in [0.3, 0.4) is 0 Å². The number of benzene rings is 1. The number of nitrogens with zero attached hydrogens (tertiary/aromatic N) is 3. The van der Waals surface area contributed by atoms with Crippen LogP contribution in [0.2, 0.25) is 5.15 Å². The maximum atomic E-state index is 12.5. The zero-order chi connectivity index (χ0) is 16.4. The van der Waals surface area contributed by atoms with E-state index in [2.05, 4.69) is 10.1 Å². The Bertz CT molecular complexity index is 815. The largest absolute Gasteiger partial charge is 0.492 e. The third kappa shape index (κ3) is 3.56. The highest BCUT2D eigenvalue weighted by Gasteiger charge is 2.29. The molecule has 0 amide bonds. The van der Waals surface area contributed by atoms with Crippen LogP contribution in [-0.4, -0.2) is 21.4 Å². The normalized spacial score (nSPS) is 11.8. The number of fused-ring (bicyclic) bond motifs is 1. The minimum Gasteiger partial charge on any atom is -0.492 e. The number of ether oxygens (including phenoxy) is 1. The number of aromatic nitrogens is 3. The van der Waals surface area contributed by atoms with Crippen LogP contribution in [0, 0.1) is 0 Å². The molecule has 0 aliphatic rings. The van der Waals surface area contributed by atoms with Crippen molar-refractivity contribution in [3.63, 3.8) is 0 Å². The second kappa shape index (κ2) is 6.08. The lowest BCUT2D eigenvalue weighted by atomic mass is 10.2. The van der Waals surface area contributed by atoms with Crippen molar-refractivity contribution < 1.29 is 17.9 Å². The van der Waals surface area contributed by atoms with Crippen molar-refractivity contribution in [2.45, 2.75) is 12.7 Å². The molecule has 4 nitrogen and oxygen atoms in total. The lowest BCUT2D eigenvalue weighted by Gasteiger charge is -2.09. The Hall–Kier alpha value is -2.28. The van der Waals surface area contributed by atoms with Crippen LogP contribution >= 0.6 is 11.6 Å². The van der Waals surface area contributed by atoms with Crippen molar-refractivity contribution in [3.05, 3.63) is 53.4 Å². The Labute approximate surface area is 134 Å². The van der Waals surface area contributed by atoms with E-state index in [1.165, 1.54) is 12.1 Å². The molecule has 0 fully saturated rings. The van der Waals surface area contributed by atoms with Gasteiger partial charge in [0, 0.05) is 12.4 Å². The van der Waals surface area contributed by atoms with Gasteiger partial charge in [0.15, 0.2) is 0 Å². The topological polar surface area (TPSA) is 39.9 Å². The first-order chi connectivity index (χ1) is 10.9. The molecule has 0 saturated heterocycles. The molecule has 0 unspecified atom stereocenters. The van der Waals surface area contributed by atoms with E-state index in [4.69, 9.17) is 16.3 Å². The highest BCUT2D eigenvalue weighted by Crippen LogP contribution is 2.30. The van der Waals surface area contributed by atoms with Gasteiger partial charge in [-0.1, -0.05) is 11.6 Å². The number of rotatable bonds is 4. The smallest absolute Gasteiger partial charge is 0.416 e. The Morgan fingerprint density at radius 2 is 1.87 bits per heavy atom. The summed E-state index contributed by atoms with van der Waals surface area (Å²) in [5, 5.41) is 5.43. The number of halogens is 4. The molecule has 8 heteroatoms. The van der Waals surface area contributed by atoms with Gasteiger partial charge in [-0.2, -0.15) is 18.3 Å². The van der Waals surface area contributed by atoms with Gasteiger partial charge in [-0.25, -0.2) is 4.98 Å². The predicted molar refractivity (Wildman–Crippen MR) is 79.5 cm³/mol. The molecule has 120 valence electrons. The summed E-state index contributed by atoms with van der Waals surface area (Å²) in [5.41, 5.74) is 0.0184. The molecule has 23 heavy (non-hydrogen) atoms. The van der Waals surface area contributed by atoms with E-state index in [9.17, 15) is 13.2 Å². The maximum absolute atomic E-state index is 12.5. The van der Waals surface area contributed by atoms with Gasteiger partial charge in [-0.15, -0.1) is 0 Å². The monoisotopic (exact) mass is 341 g/mol. The molecule has 3 rings (SSSR count). The van der Waals surface area contributed by atoms with Gasteiger partial charge in [0.25, 0.3) is 0 Å². The summed E-state index contributed by atoms with van der Waals surface area (Å²) in [6, 6.07) is 6.31. The predicted octanol–water partition coefficient (Wildman–Crippen LogP) is 4.18. The summed E-state index contributed by atoms with van der Waals surface area (Å²) in [4.78, 5) is 3.97. The molecule has 0 atom stereocenters. The summed E-state index contributed by atoms with van der Waals surface area (Å²) in [7, 11) is 0. The van der Waals surface area contributed by atoms with Crippen LogP contribution in [0.15, 0.2) is 42.7 Å². The third-order valence-corrected chi connectivity index (χ3v) is 3.50. The summed E-state index contributed by atoms with van der Waals surface area (Å²) in [6.07, 6.45) is -1.03. The van der Waals surface area contributed by atoms with Crippen LogP contribution in [-0.2, 0) is 12.7 Å². The van der Waals surface area contributed by atoms with Gasteiger partial charge in [0.05, 0.1) is 23.0 Å². The van der Waals surface area contributed by atoms with Crippen LogP contribution in [0.1, 0.15) is 5.56 Å². The molecule has 0 bridgehead atoms. The number of pyridine rings is 1. The molecule has 0 aliphatic heterocycles. The lowest BCUT2D eigenvalue weighted by molar-refractivity contribution is -0.137. The molecule has 3 aromatic rings. The van der Waals surface area contributed by atoms with Crippen LogP contribution in [0.4, 0.5) is 13.2 Å². The minimum absolute atomic E-state index is 0.268. The first-order valence-electron chi connectivity index (χ1n) is 6.71. The third-order valence-electron chi connectivity index (χ3n) is 3.20. The average Bonchev–Trinajstić information content (AvgIpc) is 2.91. The SMILES string of the molecule is FC(F)(F)c1ccc(OCCn2cc3c(Cl)nccc3n2)cc1. The van der Waals surface area contributed by atoms with Gasteiger partial charge in [-0.05, 0) is 30.3 Å². The second-order valence-electron chi connectivity index (χ2n) is 4.80. The van der Waals surface area contributed by atoms with Crippen LogP contribution in [0.5, 0.6) is 5.75 Å². The van der Waals surface area contributed by atoms with E-state index in [1.54, 1.807) is 23.1 Å². The van der Waals surface area contributed by atoms with Crippen LogP contribution < -0.4 is 4.74 Å². The van der Waals surface area contributed by atoms with Crippen LogP contribution in [0.25, 0.3) is 10.9 Å². The zero-order valence-corrected chi connectivity index (χ0v) is 12.5. The molecule has 0 aliphatic carbocycles. The molecule has 2 heterocycles. The standard InChI is InChI=1S/C15H11ClF3N3O/c16-14-12-9-22(21-13(12)5-6-20-14)7-8-23-11-3-1-10(2-4-11)15(17,18)19/h1-6,9H,7-8H2. The summed E-state index contributed by atoms with van der Waals surface area (Å²) in [5.74, 6) is 0.370. The highest BCUT2D eigenvalue weighted by molar-refractivity contribution is 6.34. The van der Waals surface area contributed by atoms with Crippen molar-refractivity contribution in [3.8, 4) is 5.75 Å². The van der Waals surface area contributed by atoms with Gasteiger partial charge in [0.1, 0.15) is 17.5 Å². The van der Waals surface area contributed by atoms with Crippen molar-refractivity contribution in [2.75, 3.05) is 6.61 Å². The fourth-order valence-electron chi connectivity index (χ4n) is 2.07. The van der Waals surface area contributed by atoms with Crippen molar-refractivity contribution in [2.24, 2.45) is 0 Å². The molecular formula is C15H11ClF3N3O. The summed E-state index contributed by atoms with van der Waals surface area (Å²) in [6.45, 7) is 0.705. The summed E-state index contributed by atoms with van der Waals surface area (Å²) < 4.78 is 44.5. The summed E-state index contributed by atoms with van der Waals surface area (Å²) >= 11 is 5.96. The van der Waals surface area contributed by atoms with Gasteiger partial charge in [-0.3, -0.25) is 4.68 Å². The van der Waals surface area contributed by atoms with Gasteiger partial charge in [0.2, 0.25) is 0 Å². The Morgan fingerprint density at radius 1 is 1.13 bits per heavy atom. The molecule has 0 spiro atoms. The van der Waals surface area contributed by atoms with E-state index in [0.717, 1.165) is 23.0 Å². The van der Waals surface area contributed by atoms with E-state index < -0.39 is 11.7 Å². The van der Waals surface area contributed by atoms with E-state index in [1.807, 2.05) is 0 Å². The quantitative estimate of drug-likeness (QED) is 0.668. The average molecular weight is 342 g/mol. The highest BCUT2D eigenvalue weighted by atomic mass is 35.5. The Morgan fingerprint density at radius 3 is 2.52 bits per heavy atom. The number of alkyl halides is 3. The first kappa shape index (κ1) is 15.6. The molecule has 0 N–H and O–H groups in total. The zero-order valence-electron chi connectivity index (χ0n) is 11.7. The maximum Gasteiger partial charge on any atom is 0.416 e. The molecule has 0 radical (unpaired) electrons. The molecule has 2 aromatic heterocycles. The Balaban J connectivity index is 1.61. The number of hydrogen-bond donors (Lipinski definition) is 0. The number of hydrogen-bond acceptors (Lipinski definition) is 3. The lowest BCUT2D eigenvalue weighted by Crippen LogP contribution is -2.09. The fourth-order valence-corrected chi connectivity index (χ4v) is 2.27. The Kier molecular flexibility index (Phi) is 4.12. The second-order valence-corrected chi connectivity index (χ2v) is 5.16. The molecular weight excluding hydrogens is 331 g/mol. The van der Waals surface area contributed by atoms with E-state index >= 15 is 0 Å². The van der Waals surface area contributed by atoms with Crippen molar-refractivity contribution in [1.29, 1.82) is 0 Å². The van der Waals surface area contributed by atoms with Crippen molar-refractivity contribution in [1.82, 2.24) is 14.8 Å². The molecule has 0 saturated carbocycles. The minimum atomic E-state index is -4.35. The van der Waals surface area contributed by atoms with E-state index in [-0.39, 0.29) is 6.61 Å². The first-order valence-corrected chi connectivity index (χ1v) is 7.09. The van der Waals surface area contributed by atoms with Gasteiger partial charge >= 0.3 is 6.18 Å². The van der Waals surface area contributed by atoms with Crippen molar-refractivity contribution >= 4 is 22.5 Å².